The zero-order valence-corrected chi connectivity index (χ0v) is 13.8. The topological polar surface area (TPSA) is 0 Å². The Morgan fingerprint density at radius 3 is 2.45 bits per heavy atom. The molecule has 0 N–H and O–H groups in total. The molecule has 1 aliphatic rings. The summed E-state index contributed by atoms with van der Waals surface area (Å²) in [6, 6.07) is 17.1. The van der Waals surface area contributed by atoms with Crippen LogP contribution in [0.5, 0.6) is 0 Å². The molecule has 0 heteroatoms. The number of hydrogen-bond acceptors (Lipinski definition) is 0. The lowest BCUT2D eigenvalue weighted by Gasteiger charge is -2.05. The van der Waals surface area contributed by atoms with Crippen LogP contribution in [0, 0.1) is 6.07 Å². The van der Waals surface area contributed by atoms with E-state index in [1.165, 1.54) is 79.2 Å². The molecule has 2 aromatic rings. The van der Waals surface area contributed by atoms with Crippen molar-refractivity contribution < 1.29 is 0 Å². The third-order valence-electron chi connectivity index (χ3n) is 4.81. The van der Waals surface area contributed by atoms with E-state index in [1.807, 2.05) is 0 Å². The monoisotopic (exact) mass is 291 g/mol. The summed E-state index contributed by atoms with van der Waals surface area (Å²) in [5.74, 6) is 0. The van der Waals surface area contributed by atoms with E-state index in [1.54, 1.807) is 0 Å². The highest BCUT2D eigenvalue weighted by atomic mass is 14.2. The van der Waals surface area contributed by atoms with E-state index in [2.05, 4.69) is 49.4 Å². The van der Waals surface area contributed by atoms with Crippen LogP contribution in [-0.2, 0) is 12.8 Å². The van der Waals surface area contributed by atoms with Gasteiger partial charge < -0.3 is 0 Å². The molecule has 2 aromatic carbocycles. The van der Waals surface area contributed by atoms with Gasteiger partial charge in [-0.25, -0.2) is 0 Å². The highest BCUT2D eigenvalue weighted by Gasteiger charge is 2.17. The largest absolute Gasteiger partial charge is 0.0654 e. The first-order valence-corrected chi connectivity index (χ1v) is 9.01. The third kappa shape index (κ3) is 3.61. The molecule has 0 aromatic heterocycles. The maximum absolute atomic E-state index is 3.68. The van der Waals surface area contributed by atoms with Gasteiger partial charge in [0, 0.05) is 0 Å². The van der Waals surface area contributed by atoms with Gasteiger partial charge in [-0.1, -0.05) is 81.8 Å². The van der Waals surface area contributed by atoms with Crippen LogP contribution in [0.3, 0.4) is 0 Å². The van der Waals surface area contributed by atoms with Crippen LogP contribution in [0.2, 0.25) is 0 Å². The van der Waals surface area contributed by atoms with Gasteiger partial charge in [-0.2, -0.15) is 0 Å². The Morgan fingerprint density at radius 2 is 1.59 bits per heavy atom. The molecule has 0 saturated heterocycles. The Morgan fingerprint density at radius 1 is 0.818 bits per heavy atom. The summed E-state index contributed by atoms with van der Waals surface area (Å²) in [5.41, 5.74) is 7.08. The predicted octanol–water partition coefficient (Wildman–Crippen LogP) is 6.35. The molecule has 22 heavy (non-hydrogen) atoms. The fourth-order valence-electron chi connectivity index (χ4n) is 3.53. The lowest BCUT2D eigenvalue weighted by atomic mass is 9.99. The summed E-state index contributed by atoms with van der Waals surface area (Å²) in [5, 5.41) is 0. The molecule has 1 aliphatic carbocycles. The molecule has 0 fully saturated rings. The zero-order chi connectivity index (χ0) is 15.2. The van der Waals surface area contributed by atoms with Gasteiger partial charge in [0.25, 0.3) is 0 Å². The second-order valence-corrected chi connectivity index (χ2v) is 6.58. The number of fused-ring (bicyclic) bond motifs is 3. The van der Waals surface area contributed by atoms with Crippen molar-refractivity contribution in [3.8, 4) is 11.1 Å². The van der Waals surface area contributed by atoms with Crippen molar-refractivity contribution in [2.45, 2.75) is 64.7 Å². The molecule has 0 nitrogen and oxygen atoms in total. The first-order valence-electron chi connectivity index (χ1n) is 9.01. The van der Waals surface area contributed by atoms with Gasteiger partial charge >= 0.3 is 0 Å². The van der Waals surface area contributed by atoms with E-state index in [9.17, 15) is 0 Å². The normalized spacial score (nSPS) is 12.2. The van der Waals surface area contributed by atoms with E-state index < -0.39 is 0 Å². The molecule has 0 saturated carbocycles. The summed E-state index contributed by atoms with van der Waals surface area (Å²) >= 11 is 0. The SMILES string of the molecule is CCCCCCCCCc1[c]c2c(cc1)-c1ccccc1C2. The number of unbranched alkanes of at least 4 members (excludes halogenated alkanes) is 6. The van der Waals surface area contributed by atoms with Gasteiger partial charge in [0.15, 0.2) is 0 Å². The minimum atomic E-state index is 1.07. The molecule has 3 rings (SSSR count). The van der Waals surface area contributed by atoms with Crippen LogP contribution in [0.4, 0.5) is 0 Å². The van der Waals surface area contributed by atoms with Gasteiger partial charge in [-0.15, -0.1) is 0 Å². The van der Waals surface area contributed by atoms with Gasteiger partial charge in [-0.3, -0.25) is 0 Å². The standard InChI is InChI=1S/C22H27/c1-2-3-4-5-6-7-8-11-18-14-15-22-20(16-18)17-19-12-9-10-13-21(19)22/h9-10,12-15H,2-8,11,17H2,1H3. The highest BCUT2D eigenvalue weighted by Crippen LogP contribution is 2.36. The van der Waals surface area contributed by atoms with Crippen LogP contribution < -0.4 is 0 Å². The van der Waals surface area contributed by atoms with Crippen LogP contribution in [0.15, 0.2) is 36.4 Å². The van der Waals surface area contributed by atoms with Crippen LogP contribution in [0.25, 0.3) is 11.1 Å². The molecule has 0 spiro atoms. The number of benzene rings is 2. The molecule has 0 heterocycles. The molecule has 0 atom stereocenters. The van der Waals surface area contributed by atoms with Crippen molar-refractivity contribution in [2.75, 3.05) is 0 Å². The Hall–Kier alpha value is -1.56. The average molecular weight is 291 g/mol. The van der Waals surface area contributed by atoms with E-state index in [-0.39, 0.29) is 0 Å². The first kappa shape index (κ1) is 15.3. The summed E-state index contributed by atoms with van der Waals surface area (Å²) < 4.78 is 0. The van der Waals surface area contributed by atoms with Gasteiger partial charge in [0.05, 0.1) is 0 Å². The number of rotatable bonds is 8. The minimum absolute atomic E-state index is 1.07. The molecule has 1 radical (unpaired) electrons. The van der Waals surface area contributed by atoms with Crippen molar-refractivity contribution in [2.24, 2.45) is 0 Å². The van der Waals surface area contributed by atoms with Crippen molar-refractivity contribution in [1.29, 1.82) is 0 Å². The van der Waals surface area contributed by atoms with Gasteiger partial charge in [-0.05, 0) is 53.1 Å². The lowest BCUT2D eigenvalue weighted by molar-refractivity contribution is 0.589. The summed E-state index contributed by atoms with van der Waals surface area (Å²) in [6.45, 7) is 2.28. The van der Waals surface area contributed by atoms with Crippen LogP contribution in [-0.4, -0.2) is 0 Å². The Kier molecular flexibility index (Phi) is 5.32. The molecule has 0 aliphatic heterocycles. The first-order chi connectivity index (χ1) is 10.9. The number of aryl methyl sites for hydroxylation is 1. The smallest absolute Gasteiger partial charge is 0.000718 e. The fraction of sp³-hybridized carbons (Fsp3) is 0.455. The summed E-state index contributed by atoms with van der Waals surface area (Å²) in [6.07, 6.45) is 11.9. The maximum Gasteiger partial charge on any atom is -0.000718 e. The number of hydrogen-bond donors (Lipinski definition) is 0. The second-order valence-electron chi connectivity index (χ2n) is 6.58. The second kappa shape index (κ2) is 7.63. The van der Waals surface area contributed by atoms with Crippen molar-refractivity contribution in [3.05, 3.63) is 59.2 Å². The Labute approximate surface area is 135 Å². The molecule has 0 unspecified atom stereocenters. The van der Waals surface area contributed by atoms with Crippen molar-refractivity contribution >= 4 is 0 Å². The summed E-state index contributed by atoms with van der Waals surface area (Å²) in [4.78, 5) is 0. The van der Waals surface area contributed by atoms with E-state index in [0.717, 1.165) is 6.42 Å². The zero-order valence-electron chi connectivity index (χ0n) is 13.8. The lowest BCUT2D eigenvalue weighted by Crippen LogP contribution is -1.90. The van der Waals surface area contributed by atoms with Crippen molar-refractivity contribution in [1.82, 2.24) is 0 Å². The average Bonchev–Trinajstić information content (AvgIpc) is 2.91. The summed E-state index contributed by atoms with van der Waals surface area (Å²) in [7, 11) is 0. The molecular formula is C22H27. The third-order valence-corrected chi connectivity index (χ3v) is 4.81. The predicted molar refractivity (Wildman–Crippen MR) is 95.2 cm³/mol. The molecular weight excluding hydrogens is 264 g/mol. The van der Waals surface area contributed by atoms with Crippen LogP contribution in [0.1, 0.15) is 68.6 Å². The van der Waals surface area contributed by atoms with E-state index >= 15 is 0 Å². The highest BCUT2D eigenvalue weighted by molar-refractivity contribution is 5.76. The van der Waals surface area contributed by atoms with Gasteiger partial charge in [0.2, 0.25) is 0 Å². The Bertz CT molecular complexity index is 609. The Balaban J connectivity index is 1.50. The minimum Gasteiger partial charge on any atom is -0.0654 e. The molecule has 0 amide bonds. The fourth-order valence-corrected chi connectivity index (χ4v) is 3.53. The van der Waals surface area contributed by atoms with Crippen molar-refractivity contribution in [3.63, 3.8) is 0 Å². The molecule has 115 valence electrons. The van der Waals surface area contributed by atoms with Crippen LogP contribution >= 0.6 is 0 Å². The van der Waals surface area contributed by atoms with E-state index in [0.29, 0.717) is 0 Å². The maximum atomic E-state index is 3.68. The van der Waals surface area contributed by atoms with E-state index in [4.69, 9.17) is 0 Å². The molecule has 0 bridgehead atoms. The van der Waals surface area contributed by atoms with Gasteiger partial charge in [0.1, 0.15) is 0 Å². The quantitative estimate of drug-likeness (QED) is 0.424.